The van der Waals surface area contributed by atoms with Crippen molar-refractivity contribution >= 4 is 29.8 Å². The molecule has 3 N–H and O–H groups in total. The van der Waals surface area contributed by atoms with E-state index < -0.39 is 35.5 Å². The zero-order valence-electron chi connectivity index (χ0n) is 22.1. The van der Waals surface area contributed by atoms with Crippen molar-refractivity contribution in [1.29, 1.82) is 0 Å². The molecule has 2 aromatic carbocycles. The van der Waals surface area contributed by atoms with E-state index >= 15 is 0 Å². The summed E-state index contributed by atoms with van der Waals surface area (Å²) in [6.07, 6.45) is 1.24. The molecule has 14 heteroatoms. The number of nitrogens with one attached hydrogen (secondary N) is 3. The number of urea groups is 1. The number of furan rings is 1. The van der Waals surface area contributed by atoms with Gasteiger partial charge in [0, 0.05) is 11.8 Å². The number of para-hydroxylation sites is 1. The molecule has 0 saturated heterocycles. The molecule has 0 fully saturated rings. The largest absolute Gasteiger partial charge is 0.493 e. The Kier molecular flexibility index (Phi) is 8.62. The molecule has 4 rings (SSSR count). The van der Waals surface area contributed by atoms with Crippen LogP contribution in [0, 0.1) is 10.1 Å². The van der Waals surface area contributed by atoms with Gasteiger partial charge in [0.1, 0.15) is 11.5 Å². The van der Waals surface area contributed by atoms with Crippen molar-refractivity contribution < 1.29 is 37.9 Å². The highest BCUT2D eigenvalue weighted by Crippen LogP contribution is 2.34. The highest BCUT2D eigenvalue weighted by atomic mass is 16.6. The smallest absolute Gasteiger partial charge is 0.337 e. The molecule has 3 aromatic rings. The van der Waals surface area contributed by atoms with Gasteiger partial charge < -0.3 is 29.3 Å². The molecule has 0 saturated carbocycles. The first-order valence-corrected chi connectivity index (χ1v) is 12.0. The molecule has 0 radical (unpaired) electrons. The lowest BCUT2D eigenvalue weighted by atomic mass is 9.95. The second-order valence-electron chi connectivity index (χ2n) is 8.53. The summed E-state index contributed by atoms with van der Waals surface area (Å²) >= 11 is 0. The highest BCUT2D eigenvalue weighted by molar-refractivity contribution is 5.95. The van der Waals surface area contributed by atoms with Crippen LogP contribution in [-0.4, -0.2) is 49.9 Å². The topological polar surface area (TPSA) is 184 Å². The zero-order valence-corrected chi connectivity index (χ0v) is 22.1. The van der Waals surface area contributed by atoms with Crippen LogP contribution in [0.4, 0.5) is 10.5 Å². The minimum Gasteiger partial charge on any atom is -0.493 e. The number of hydrazone groups is 1. The Morgan fingerprint density at radius 2 is 1.93 bits per heavy atom. The van der Waals surface area contributed by atoms with E-state index in [1.54, 1.807) is 49.4 Å². The fourth-order valence-corrected chi connectivity index (χ4v) is 4.06. The number of carbonyl (C=O) groups is 3. The maximum absolute atomic E-state index is 12.3. The molecule has 1 aliphatic heterocycles. The molecule has 0 spiro atoms. The number of esters is 1. The number of benzene rings is 2. The monoisotopic (exact) mass is 563 g/mol. The van der Waals surface area contributed by atoms with Crippen LogP contribution in [0.1, 0.15) is 24.3 Å². The molecule has 1 aromatic heterocycles. The van der Waals surface area contributed by atoms with Crippen molar-refractivity contribution in [2.75, 3.05) is 20.8 Å². The minimum atomic E-state index is -0.799. The molecule has 0 bridgehead atoms. The molecule has 1 atom stereocenters. The predicted molar refractivity (Wildman–Crippen MR) is 144 cm³/mol. The first kappa shape index (κ1) is 28.4. The van der Waals surface area contributed by atoms with Gasteiger partial charge in [0.05, 0.1) is 42.5 Å². The maximum atomic E-state index is 12.3. The Morgan fingerprint density at radius 1 is 1.15 bits per heavy atom. The van der Waals surface area contributed by atoms with Crippen LogP contribution < -0.4 is 25.5 Å². The Hall–Kier alpha value is -5.66. The lowest BCUT2D eigenvalue weighted by Gasteiger charge is -2.28. The van der Waals surface area contributed by atoms with Gasteiger partial charge in [-0.1, -0.05) is 18.2 Å². The highest BCUT2D eigenvalue weighted by Gasteiger charge is 2.32. The van der Waals surface area contributed by atoms with Crippen LogP contribution in [0.25, 0.3) is 11.3 Å². The second-order valence-corrected chi connectivity index (χ2v) is 8.53. The Balaban J connectivity index is 1.38. The van der Waals surface area contributed by atoms with Gasteiger partial charge in [-0.25, -0.2) is 15.0 Å². The lowest BCUT2D eigenvalue weighted by molar-refractivity contribution is -0.384. The van der Waals surface area contributed by atoms with Crippen LogP contribution in [0.5, 0.6) is 11.5 Å². The van der Waals surface area contributed by atoms with Crippen LogP contribution in [0.3, 0.4) is 0 Å². The molecule has 0 aliphatic carbocycles. The van der Waals surface area contributed by atoms with Gasteiger partial charge in [-0.15, -0.1) is 0 Å². The predicted octanol–water partition coefficient (Wildman–Crippen LogP) is 3.19. The van der Waals surface area contributed by atoms with Crippen LogP contribution in [-0.2, 0) is 14.3 Å². The van der Waals surface area contributed by atoms with Gasteiger partial charge in [-0.2, -0.15) is 5.10 Å². The normalized spacial score (nSPS) is 14.7. The Labute approximate surface area is 233 Å². The van der Waals surface area contributed by atoms with Crippen molar-refractivity contribution in [2.45, 2.75) is 13.0 Å². The van der Waals surface area contributed by atoms with Crippen molar-refractivity contribution in [1.82, 2.24) is 16.1 Å². The van der Waals surface area contributed by atoms with Gasteiger partial charge in [0.2, 0.25) is 0 Å². The summed E-state index contributed by atoms with van der Waals surface area (Å²) in [4.78, 5) is 47.4. The summed E-state index contributed by atoms with van der Waals surface area (Å²) in [5.41, 5.74) is 3.62. The summed E-state index contributed by atoms with van der Waals surface area (Å²) in [7, 11) is 2.65. The van der Waals surface area contributed by atoms with Crippen molar-refractivity contribution in [3.8, 4) is 22.8 Å². The van der Waals surface area contributed by atoms with E-state index in [2.05, 4.69) is 21.2 Å². The summed E-state index contributed by atoms with van der Waals surface area (Å²) in [5, 5.41) is 20.3. The molecule has 41 heavy (non-hydrogen) atoms. The standard InChI is InChI=1S/C27H25N5O9/c1-15-24(26(34)39-3)25(30-27(35)29-15)16-8-10-21(22(12-16)38-2)40-14-23(33)31-28-13-17-9-11-20(41-17)18-6-4-5-7-19(18)32(36)37/h4-13,25H,14H2,1-3H3,(H,31,33)(H2,29,30,35)/b28-13-/t25-/m1/s1. The fourth-order valence-electron chi connectivity index (χ4n) is 4.06. The Bertz CT molecular complexity index is 1560. The van der Waals surface area contributed by atoms with Crippen LogP contribution in [0.15, 0.2) is 75.4 Å². The first-order chi connectivity index (χ1) is 19.7. The maximum Gasteiger partial charge on any atom is 0.337 e. The number of nitrogens with zero attached hydrogens (tertiary/aromatic N) is 2. The number of ether oxygens (including phenoxy) is 3. The number of carbonyl (C=O) groups excluding carboxylic acids is 3. The molecule has 3 amide bonds. The number of methoxy groups -OCH3 is 2. The average molecular weight is 564 g/mol. The van der Waals surface area contributed by atoms with Crippen molar-refractivity contribution in [2.24, 2.45) is 5.10 Å². The van der Waals surface area contributed by atoms with E-state index in [9.17, 15) is 24.5 Å². The van der Waals surface area contributed by atoms with E-state index in [4.69, 9.17) is 18.6 Å². The third-order valence-corrected chi connectivity index (χ3v) is 5.93. The summed E-state index contributed by atoms with van der Waals surface area (Å²) in [6.45, 7) is 1.18. The molecule has 0 unspecified atom stereocenters. The third kappa shape index (κ3) is 6.50. The van der Waals surface area contributed by atoms with Crippen LogP contribution in [0.2, 0.25) is 0 Å². The quantitative estimate of drug-likeness (QED) is 0.144. The van der Waals surface area contributed by atoms with Gasteiger partial charge in [-0.05, 0) is 42.8 Å². The Morgan fingerprint density at radius 3 is 2.66 bits per heavy atom. The first-order valence-electron chi connectivity index (χ1n) is 12.0. The number of amides is 3. The zero-order chi connectivity index (χ0) is 29.5. The average Bonchev–Trinajstić information content (AvgIpc) is 3.44. The third-order valence-electron chi connectivity index (χ3n) is 5.93. The van der Waals surface area contributed by atoms with Crippen LogP contribution >= 0.6 is 0 Å². The molecule has 2 heterocycles. The van der Waals surface area contributed by atoms with E-state index in [1.807, 2.05) is 0 Å². The van der Waals surface area contributed by atoms with Crippen molar-refractivity contribution in [3.63, 3.8) is 0 Å². The summed E-state index contributed by atoms with van der Waals surface area (Å²) in [6, 6.07) is 12.7. The lowest BCUT2D eigenvalue weighted by Crippen LogP contribution is -2.45. The molecule has 212 valence electrons. The minimum absolute atomic E-state index is 0.102. The number of nitro benzene ring substituents is 1. The number of hydrogen-bond donors (Lipinski definition) is 3. The van der Waals surface area contributed by atoms with E-state index in [1.165, 1.54) is 32.6 Å². The SMILES string of the molecule is COC(=O)C1=C(C)NC(=O)N[C@@H]1c1ccc(OCC(=O)N/N=C\c2ccc(-c3ccccc3[N+](=O)[O-])o2)c(OC)c1. The van der Waals surface area contributed by atoms with Gasteiger partial charge in [0.15, 0.2) is 18.1 Å². The number of allylic oxidation sites excluding steroid dienone is 1. The van der Waals surface area contributed by atoms with E-state index in [-0.39, 0.29) is 34.3 Å². The van der Waals surface area contributed by atoms with Crippen molar-refractivity contribution in [3.05, 3.63) is 87.3 Å². The second kappa shape index (κ2) is 12.5. The number of rotatable bonds is 10. The molecular formula is C27H25N5O9. The van der Waals surface area contributed by atoms with E-state index in [0.717, 1.165) is 0 Å². The fraction of sp³-hybridized carbons (Fsp3) is 0.185. The van der Waals surface area contributed by atoms with E-state index in [0.29, 0.717) is 16.8 Å². The summed E-state index contributed by atoms with van der Waals surface area (Å²) in [5.74, 6) is -0.170. The van der Waals surface area contributed by atoms with Gasteiger partial charge in [0.25, 0.3) is 11.6 Å². The molecule has 14 nitrogen and oxygen atoms in total. The summed E-state index contributed by atoms with van der Waals surface area (Å²) < 4.78 is 21.4. The number of nitro groups is 1. The number of hydrogen-bond acceptors (Lipinski definition) is 10. The molecular weight excluding hydrogens is 538 g/mol. The molecule has 1 aliphatic rings. The van der Waals surface area contributed by atoms with Gasteiger partial charge >= 0.3 is 12.0 Å². The van der Waals surface area contributed by atoms with Gasteiger partial charge in [-0.3, -0.25) is 14.9 Å².